The number of carbonyl (C=O) groups excluding carboxylic acids is 1. The van der Waals surface area contributed by atoms with Crippen molar-refractivity contribution in [3.8, 4) is 22.3 Å². The number of nitrogens with zero attached hydrogens (tertiary/aromatic N) is 3. The molecule has 1 aromatic carbocycles. The third kappa shape index (κ3) is 4.33. The predicted molar refractivity (Wildman–Crippen MR) is 123 cm³/mol. The molecular weight excluding hydrogens is 410 g/mol. The molecule has 3 aromatic rings. The Morgan fingerprint density at radius 1 is 1.42 bits per heavy atom. The van der Waals surface area contributed by atoms with Gasteiger partial charge in [-0.25, -0.2) is 4.98 Å². The summed E-state index contributed by atoms with van der Waals surface area (Å²) >= 11 is 1.44. The van der Waals surface area contributed by atoms with Gasteiger partial charge in [0.25, 0.3) is 5.91 Å². The lowest BCUT2D eigenvalue weighted by molar-refractivity contribution is 0.100. The second-order valence-corrected chi connectivity index (χ2v) is 8.91. The lowest BCUT2D eigenvalue weighted by Crippen LogP contribution is -2.26. The van der Waals surface area contributed by atoms with E-state index in [1.165, 1.54) is 30.4 Å². The van der Waals surface area contributed by atoms with Gasteiger partial charge in [0.15, 0.2) is 0 Å². The van der Waals surface area contributed by atoms with Crippen molar-refractivity contribution in [3.05, 3.63) is 41.6 Å². The van der Waals surface area contributed by atoms with Gasteiger partial charge in [0, 0.05) is 28.1 Å². The fourth-order valence-corrected chi connectivity index (χ4v) is 5.30. The lowest BCUT2D eigenvalue weighted by Gasteiger charge is -2.20. The zero-order chi connectivity index (χ0) is 22.0. The average molecular weight is 436 g/mol. The molecule has 1 aliphatic heterocycles. The van der Waals surface area contributed by atoms with Gasteiger partial charge in [0.1, 0.15) is 11.6 Å². The molecule has 1 amide bonds. The Bertz CT molecular complexity index is 1170. The molecule has 1 aliphatic rings. The van der Waals surface area contributed by atoms with Gasteiger partial charge < -0.3 is 21.1 Å². The quantitative estimate of drug-likeness (QED) is 0.586. The number of carbonyl (C=O) groups is 1. The zero-order valence-electron chi connectivity index (χ0n) is 17.4. The highest BCUT2D eigenvalue weighted by atomic mass is 32.1. The standard InChI is InChI=1S/C23H25N5O2S/c1-28-9-2-3-15(28)7-10-30-19-11-14(6-8-24)4-5-16(19)20-12-17-21(31-20)18(23(26)29)13-27-22(17)25/h4-5,11-13,15H,2-3,6-7,9-10H2,1H3,(H2,25,27)(H2,26,29). The van der Waals surface area contributed by atoms with Crippen molar-refractivity contribution in [3.63, 3.8) is 0 Å². The Labute approximate surface area is 185 Å². The average Bonchev–Trinajstić information content (AvgIpc) is 3.36. The number of nitrogen functional groups attached to an aromatic ring is 1. The Morgan fingerprint density at radius 3 is 2.97 bits per heavy atom. The van der Waals surface area contributed by atoms with E-state index in [1.807, 2.05) is 24.3 Å². The van der Waals surface area contributed by atoms with E-state index in [1.54, 1.807) is 0 Å². The number of rotatable bonds is 7. The van der Waals surface area contributed by atoms with Gasteiger partial charge >= 0.3 is 0 Å². The van der Waals surface area contributed by atoms with Crippen LogP contribution in [0.15, 0.2) is 30.5 Å². The number of fused-ring (bicyclic) bond motifs is 1. The number of amides is 1. The minimum atomic E-state index is -0.535. The van der Waals surface area contributed by atoms with Gasteiger partial charge in [-0.1, -0.05) is 6.07 Å². The molecule has 0 bridgehead atoms. The van der Waals surface area contributed by atoms with Crippen LogP contribution < -0.4 is 16.2 Å². The van der Waals surface area contributed by atoms with Crippen molar-refractivity contribution < 1.29 is 9.53 Å². The molecule has 3 heterocycles. The predicted octanol–water partition coefficient (Wildman–Crippen LogP) is 3.57. The van der Waals surface area contributed by atoms with Crippen LogP contribution in [0, 0.1) is 11.3 Å². The van der Waals surface area contributed by atoms with Crippen LogP contribution in [0.1, 0.15) is 35.2 Å². The summed E-state index contributed by atoms with van der Waals surface area (Å²) in [6.07, 6.45) is 5.11. The number of nitriles is 1. The van der Waals surface area contributed by atoms with E-state index in [-0.39, 0.29) is 0 Å². The van der Waals surface area contributed by atoms with Gasteiger partial charge in [-0.2, -0.15) is 5.26 Å². The number of primary amides is 1. The van der Waals surface area contributed by atoms with Crippen molar-refractivity contribution in [1.29, 1.82) is 5.26 Å². The molecule has 160 valence electrons. The lowest BCUT2D eigenvalue weighted by atomic mass is 10.1. The van der Waals surface area contributed by atoms with E-state index in [0.29, 0.717) is 35.8 Å². The Balaban J connectivity index is 1.68. The maximum Gasteiger partial charge on any atom is 0.251 e. The van der Waals surface area contributed by atoms with Crippen LogP contribution in [-0.2, 0) is 6.42 Å². The van der Waals surface area contributed by atoms with E-state index >= 15 is 0 Å². The summed E-state index contributed by atoms with van der Waals surface area (Å²) < 4.78 is 6.94. The van der Waals surface area contributed by atoms with Crippen molar-refractivity contribution in [2.45, 2.75) is 31.7 Å². The summed E-state index contributed by atoms with van der Waals surface area (Å²) in [5.74, 6) is 0.551. The number of likely N-dealkylation sites (tertiary alicyclic amines) is 1. The number of anilines is 1. The largest absolute Gasteiger partial charge is 0.493 e. The SMILES string of the molecule is CN1CCCC1CCOc1cc(CC#N)ccc1-c1cc2c(N)ncc(C(N)=O)c2s1. The fraction of sp³-hybridized carbons (Fsp3) is 0.348. The van der Waals surface area contributed by atoms with E-state index in [9.17, 15) is 4.79 Å². The van der Waals surface area contributed by atoms with Crippen LogP contribution >= 0.6 is 11.3 Å². The van der Waals surface area contributed by atoms with Gasteiger partial charge in [-0.05, 0) is 56.6 Å². The molecule has 1 fully saturated rings. The van der Waals surface area contributed by atoms with E-state index in [0.717, 1.165) is 39.4 Å². The molecule has 8 heteroatoms. The maximum atomic E-state index is 11.8. The summed E-state index contributed by atoms with van der Waals surface area (Å²) in [6.45, 7) is 1.73. The first-order chi connectivity index (χ1) is 15.0. The minimum absolute atomic E-state index is 0.317. The molecule has 1 atom stereocenters. The van der Waals surface area contributed by atoms with Crippen LogP contribution in [0.25, 0.3) is 20.5 Å². The van der Waals surface area contributed by atoms with Crippen molar-refractivity contribution in [2.75, 3.05) is 25.9 Å². The Hall–Kier alpha value is -3.15. The molecule has 31 heavy (non-hydrogen) atoms. The van der Waals surface area contributed by atoms with E-state index < -0.39 is 5.91 Å². The topological polar surface area (TPSA) is 118 Å². The monoisotopic (exact) mass is 435 g/mol. The van der Waals surface area contributed by atoms with Gasteiger partial charge in [-0.3, -0.25) is 4.79 Å². The highest BCUT2D eigenvalue weighted by Crippen LogP contribution is 2.41. The van der Waals surface area contributed by atoms with Crippen LogP contribution in [0.3, 0.4) is 0 Å². The first-order valence-electron chi connectivity index (χ1n) is 10.3. The summed E-state index contributed by atoms with van der Waals surface area (Å²) in [7, 11) is 2.16. The number of thiophene rings is 1. The highest BCUT2D eigenvalue weighted by molar-refractivity contribution is 7.22. The molecule has 0 saturated carbocycles. The Kier molecular flexibility index (Phi) is 6.07. The number of nitrogens with two attached hydrogens (primary N) is 2. The number of hydrogen-bond acceptors (Lipinski definition) is 7. The number of aromatic nitrogens is 1. The molecule has 0 aliphatic carbocycles. The third-order valence-corrected chi connectivity index (χ3v) is 7.03. The Morgan fingerprint density at radius 2 is 2.26 bits per heavy atom. The molecular formula is C23H25N5O2S. The van der Waals surface area contributed by atoms with Crippen LogP contribution in [0.5, 0.6) is 5.75 Å². The molecule has 1 saturated heterocycles. The highest BCUT2D eigenvalue weighted by Gasteiger charge is 2.21. The third-order valence-electron chi connectivity index (χ3n) is 5.83. The van der Waals surface area contributed by atoms with E-state index in [2.05, 4.69) is 23.0 Å². The maximum absolute atomic E-state index is 11.8. The molecule has 4 N–H and O–H groups in total. The van der Waals surface area contributed by atoms with Crippen molar-refractivity contribution >= 4 is 33.1 Å². The molecule has 0 radical (unpaired) electrons. The molecule has 4 rings (SSSR count). The zero-order valence-corrected chi connectivity index (χ0v) is 18.2. The van der Waals surface area contributed by atoms with Crippen LogP contribution in [0.4, 0.5) is 5.82 Å². The molecule has 2 aromatic heterocycles. The second-order valence-electron chi connectivity index (χ2n) is 7.85. The normalized spacial score (nSPS) is 16.5. The minimum Gasteiger partial charge on any atom is -0.493 e. The number of pyridine rings is 1. The number of hydrogen-bond donors (Lipinski definition) is 2. The van der Waals surface area contributed by atoms with Crippen molar-refractivity contribution in [2.24, 2.45) is 5.73 Å². The summed E-state index contributed by atoms with van der Waals surface area (Å²) in [5, 5.41) is 9.80. The summed E-state index contributed by atoms with van der Waals surface area (Å²) in [5.41, 5.74) is 13.7. The van der Waals surface area contributed by atoms with Crippen molar-refractivity contribution in [1.82, 2.24) is 9.88 Å². The first kappa shape index (κ1) is 21.1. The van der Waals surface area contributed by atoms with Crippen LogP contribution in [0.2, 0.25) is 0 Å². The number of benzene rings is 1. The number of ether oxygens (including phenoxy) is 1. The van der Waals surface area contributed by atoms with E-state index in [4.69, 9.17) is 21.5 Å². The van der Waals surface area contributed by atoms with Gasteiger partial charge in [-0.15, -0.1) is 11.3 Å². The van der Waals surface area contributed by atoms with Gasteiger partial charge in [0.2, 0.25) is 0 Å². The molecule has 0 spiro atoms. The summed E-state index contributed by atoms with van der Waals surface area (Å²) in [4.78, 5) is 19.2. The van der Waals surface area contributed by atoms with Crippen LogP contribution in [-0.4, -0.2) is 42.0 Å². The molecule has 7 nitrogen and oxygen atoms in total. The summed E-state index contributed by atoms with van der Waals surface area (Å²) in [6, 6.07) is 10.5. The fourth-order valence-electron chi connectivity index (χ4n) is 4.09. The first-order valence-corrected chi connectivity index (χ1v) is 11.1. The smallest absolute Gasteiger partial charge is 0.251 e. The van der Waals surface area contributed by atoms with Gasteiger partial charge in [0.05, 0.1) is 29.4 Å². The molecule has 1 unspecified atom stereocenters. The second kappa shape index (κ2) is 8.92.